The number of hydrogen-bond acceptors (Lipinski definition) is 5. The number of fused-ring (bicyclic) bond motifs is 1. The van der Waals surface area contributed by atoms with Crippen LogP contribution in [-0.2, 0) is 14.3 Å². The molecule has 0 spiro atoms. The van der Waals surface area contributed by atoms with Gasteiger partial charge in [-0.1, -0.05) is 24.3 Å². The van der Waals surface area contributed by atoms with E-state index in [2.05, 4.69) is 10.6 Å². The molecule has 1 amide bonds. The maximum atomic E-state index is 12.1. The van der Waals surface area contributed by atoms with Crippen molar-refractivity contribution in [2.45, 2.75) is 45.8 Å². The van der Waals surface area contributed by atoms with E-state index in [9.17, 15) is 9.59 Å². The molecule has 0 fully saturated rings. The molecule has 0 aliphatic rings. The zero-order valence-corrected chi connectivity index (χ0v) is 15.9. The molecule has 1 atom stereocenters. The van der Waals surface area contributed by atoms with Crippen LogP contribution in [0.3, 0.4) is 0 Å². The number of methoxy groups -OCH3 is 1. The molecule has 0 radical (unpaired) electrons. The molecular formula is C20H26N2O4. The minimum absolute atomic E-state index is 0.0875. The molecule has 26 heavy (non-hydrogen) atoms. The second kappa shape index (κ2) is 8.08. The van der Waals surface area contributed by atoms with E-state index in [0.29, 0.717) is 5.69 Å². The Labute approximate surface area is 153 Å². The number of ether oxygens (including phenoxy) is 2. The van der Waals surface area contributed by atoms with Gasteiger partial charge in [0.25, 0.3) is 0 Å². The molecule has 140 valence electrons. The Bertz CT molecular complexity index is 796. The Morgan fingerprint density at radius 3 is 2.19 bits per heavy atom. The Balaban J connectivity index is 2.25. The molecule has 0 aromatic heterocycles. The van der Waals surface area contributed by atoms with E-state index in [0.717, 1.165) is 16.5 Å². The third-order valence-electron chi connectivity index (χ3n) is 3.66. The van der Waals surface area contributed by atoms with E-state index in [1.165, 1.54) is 7.11 Å². The van der Waals surface area contributed by atoms with Crippen molar-refractivity contribution in [3.63, 3.8) is 0 Å². The largest absolute Gasteiger partial charge is 0.469 e. The van der Waals surface area contributed by atoms with Gasteiger partial charge in [0.1, 0.15) is 5.60 Å². The first kappa shape index (κ1) is 19.6. The number of carbonyl (C=O) groups excluding carboxylic acids is 2. The molecule has 6 nitrogen and oxygen atoms in total. The highest BCUT2D eigenvalue weighted by atomic mass is 16.6. The van der Waals surface area contributed by atoms with Gasteiger partial charge in [-0.15, -0.1) is 0 Å². The summed E-state index contributed by atoms with van der Waals surface area (Å²) in [6.45, 7) is 7.37. The van der Waals surface area contributed by atoms with Crippen LogP contribution in [-0.4, -0.2) is 30.8 Å². The van der Waals surface area contributed by atoms with Crippen molar-refractivity contribution >= 4 is 34.2 Å². The maximum absolute atomic E-state index is 12.1. The summed E-state index contributed by atoms with van der Waals surface area (Å²) in [4.78, 5) is 23.5. The van der Waals surface area contributed by atoms with Gasteiger partial charge in [-0.25, -0.2) is 4.79 Å². The standard InChI is InChI=1S/C20H26N2O4/c1-13(12-18(23)25-5)21-16-10-11-17(15-9-7-6-8-14(15)16)22-19(24)26-20(2,3)4/h6-11,13,21H,12H2,1-5H3,(H,22,24)/t13-/m0/s1. The van der Waals surface area contributed by atoms with Gasteiger partial charge >= 0.3 is 12.1 Å². The second-order valence-electron chi connectivity index (χ2n) is 7.16. The third-order valence-corrected chi connectivity index (χ3v) is 3.66. The van der Waals surface area contributed by atoms with E-state index >= 15 is 0 Å². The number of anilines is 2. The van der Waals surface area contributed by atoms with Gasteiger partial charge in [0.05, 0.1) is 19.2 Å². The lowest BCUT2D eigenvalue weighted by atomic mass is 10.1. The SMILES string of the molecule is COC(=O)C[C@H](C)Nc1ccc(NC(=O)OC(C)(C)C)c2ccccc12. The summed E-state index contributed by atoms with van der Waals surface area (Å²) in [5.41, 5.74) is 0.984. The lowest BCUT2D eigenvalue weighted by molar-refractivity contribution is -0.140. The van der Waals surface area contributed by atoms with Gasteiger partial charge in [-0.2, -0.15) is 0 Å². The molecule has 0 heterocycles. The quantitative estimate of drug-likeness (QED) is 0.767. The lowest BCUT2D eigenvalue weighted by Crippen LogP contribution is -2.27. The second-order valence-corrected chi connectivity index (χ2v) is 7.16. The molecule has 0 aliphatic heterocycles. The number of hydrogen-bond donors (Lipinski definition) is 2. The van der Waals surface area contributed by atoms with Crippen LogP contribution in [0.1, 0.15) is 34.1 Å². The Kier molecular flexibility index (Phi) is 6.08. The minimum Gasteiger partial charge on any atom is -0.469 e. The van der Waals surface area contributed by atoms with Crippen LogP contribution in [0.2, 0.25) is 0 Å². The molecule has 0 saturated heterocycles. The Morgan fingerprint density at radius 1 is 1.04 bits per heavy atom. The van der Waals surface area contributed by atoms with Crippen LogP contribution < -0.4 is 10.6 Å². The fourth-order valence-electron chi connectivity index (χ4n) is 2.60. The number of amides is 1. The first-order valence-electron chi connectivity index (χ1n) is 8.54. The van der Waals surface area contributed by atoms with Crippen LogP contribution in [0.15, 0.2) is 36.4 Å². The number of esters is 1. The topological polar surface area (TPSA) is 76.7 Å². The van der Waals surface area contributed by atoms with Gasteiger partial charge in [0.2, 0.25) is 0 Å². The number of nitrogens with one attached hydrogen (secondary N) is 2. The molecule has 0 saturated carbocycles. The predicted molar refractivity (Wildman–Crippen MR) is 104 cm³/mol. The van der Waals surface area contributed by atoms with Crippen LogP contribution >= 0.6 is 0 Å². The average Bonchev–Trinajstić information content (AvgIpc) is 2.55. The summed E-state index contributed by atoms with van der Waals surface area (Å²) in [5.74, 6) is -0.266. The van der Waals surface area contributed by atoms with E-state index in [4.69, 9.17) is 9.47 Å². The monoisotopic (exact) mass is 358 g/mol. The highest BCUT2D eigenvalue weighted by Crippen LogP contribution is 2.31. The molecular weight excluding hydrogens is 332 g/mol. The Morgan fingerprint density at radius 2 is 1.62 bits per heavy atom. The minimum atomic E-state index is -0.565. The van der Waals surface area contributed by atoms with E-state index in [-0.39, 0.29) is 18.4 Å². The van der Waals surface area contributed by atoms with Crippen molar-refractivity contribution < 1.29 is 19.1 Å². The Hall–Kier alpha value is -2.76. The van der Waals surface area contributed by atoms with Crippen molar-refractivity contribution in [2.75, 3.05) is 17.7 Å². The average molecular weight is 358 g/mol. The van der Waals surface area contributed by atoms with E-state index < -0.39 is 11.7 Å². The normalized spacial score (nSPS) is 12.3. The van der Waals surface area contributed by atoms with E-state index in [1.807, 2.05) is 64.1 Å². The highest BCUT2D eigenvalue weighted by molar-refractivity contribution is 6.05. The molecule has 6 heteroatoms. The number of rotatable bonds is 5. The predicted octanol–water partition coefficient (Wildman–Crippen LogP) is 4.55. The lowest BCUT2D eigenvalue weighted by Gasteiger charge is -2.21. The number of carbonyl (C=O) groups is 2. The number of benzene rings is 2. The molecule has 0 unspecified atom stereocenters. The summed E-state index contributed by atoms with van der Waals surface area (Å²) in [6.07, 6.45) is -0.231. The maximum Gasteiger partial charge on any atom is 0.412 e. The summed E-state index contributed by atoms with van der Waals surface area (Å²) in [7, 11) is 1.38. The van der Waals surface area contributed by atoms with Gasteiger partial charge in [0.15, 0.2) is 0 Å². The van der Waals surface area contributed by atoms with Gasteiger partial charge < -0.3 is 14.8 Å². The first-order chi connectivity index (χ1) is 12.2. The molecule has 2 aromatic carbocycles. The molecule has 2 aromatic rings. The van der Waals surface area contributed by atoms with Crippen LogP contribution in [0.5, 0.6) is 0 Å². The van der Waals surface area contributed by atoms with Crippen molar-refractivity contribution in [1.82, 2.24) is 0 Å². The highest BCUT2D eigenvalue weighted by Gasteiger charge is 2.18. The fraction of sp³-hybridized carbons (Fsp3) is 0.400. The zero-order chi connectivity index (χ0) is 19.3. The van der Waals surface area contributed by atoms with Gasteiger partial charge in [-0.3, -0.25) is 10.1 Å². The summed E-state index contributed by atoms with van der Waals surface area (Å²) in [6, 6.07) is 11.3. The summed E-state index contributed by atoms with van der Waals surface area (Å²) >= 11 is 0. The smallest absolute Gasteiger partial charge is 0.412 e. The van der Waals surface area contributed by atoms with Crippen LogP contribution in [0.25, 0.3) is 10.8 Å². The zero-order valence-electron chi connectivity index (χ0n) is 15.9. The van der Waals surface area contributed by atoms with Crippen LogP contribution in [0.4, 0.5) is 16.2 Å². The first-order valence-corrected chi connectivity index (χ1v) is 8.54. The van der Waals surface area contributed by atoms with Crippen molar-refractivity contribution in [1.29, 1.82) is 0 Å². The van der Waals surface area contributed by atoms with E-state index in [1.54, 1.807) is 0 Å². The molecule has 2 N–H and O–H groups in total. The molecule has 2 rings (SSSR count). The third kappa shape index (κ3) is 5.37. The van der Waals surface area contributed by atoms with Gasteiger partial charge in [-0.05, 0) is 39.8 Å². The van der Waals surface area contributed by atoms with Crippen molar-refractivity contribution in [3.05, 3.63) is 36.4 Å². The van der Waals surface area contributed by atoms with Gasteiger partial charge in [0, 0.05) is 22.5 Å². The van der Waals surface area contributed by atoms with Crippen LogP contribution in [0, 0.1) is 0 Å². The molecule has 0 aliphatic carbocycles. The van der Waals surface area contributed by atoms with Crippen molar-refractivity contribution in [2.24, 2.45) is 0 Å². The van der Waals surface area contributed by atoms with Crippen molar-refractivity contribution in [3.8, 4) is 0 Å². The summed E-state index contributed by atoms with van der Waals surface area (Å²) in [5, 5.41) is 7.95. The fourth-order valence-corrected chi connectivity index (χ4v) is 2.60. The summed E-state index contributed by atoms with van der Waals surface area (Å²) < 4.78 is 10.0. The molecule has 0 bridgehead atoms.